The summed E-state index contributed by atoms with van der Waals surface area (Å²) in [5.74, 6) is 1.90. The minimum absolute atomic E-state index is 0.0386. The Bertz CT molecular complexity index is 6720. The average molecular weight is 1840 g/mol. The number of nitrogens with one attached hydrogen (secondary N) is 4. The van der Waals surface area contributed by atoms with E-state index in [2.05, 4.69) is 108 Å². The second-order valence-corrected chi connectivity index (χ2v) is 40.1. The van der Waals surface area contributed by atoms with Crippen molar-refractivity contribution in [2.45, 2.75) is 229 Å². The third-order valence-electron chi connectivity index (χ3n) is 25.3. The van der Waals surface area contributed by atoms with Crippen LogP contribution in [0.4, 0.5) is 73.0 Å². The summed E-state index contributed by atoms with van der Waals surface area (Å²) in [6, 6.07) is 28.8. The zero-order chi connectivity index (χ0) is 90.3. The number of benzene rings is 3. The van der Waals surface area contributed by atoms with Gasteiger partial charge in [0.2, 0.25) is 63.9 Å². The first kappa shape index (κ1) is 88.4. The molecule has 12 aromatic rings. The van der Waals surface area contributed by atoms with Crippen molar-refractivity contribution < 1.29 is 60.0 Å². The van der Waals surface area contributed by atoms with Gasteiger partial charge in [-0.3, -0.25) is 20.0 Å². The van der Waals surface area contributed by atoms with E-state index in [4.69, 9.17) is 40.5 Å². The molecule has 0 unspecified atom stereocenters. The molecule has 3 aromatic carbocycles. The lowest BCUT2D eigenvalue weighted by atomic mass is 9.73. The largest absolute Gasteiger partial charge is 0.431 e. The molecule has 0 bridgehead atoms. The number of rotatable bonds is 13. The fraction of sp³-hybridized carbons (Fsp3) is 0.400. The summed E-state index contributed by atoms with van der Waals surface area (Å²) in [5.41, 5.74) is 6.53. The van der Waals surface area contributed by atoms with E-state index in [1.807, 2.05) is 12.4 Å². The number of hydrogen-bond acceptors (Lipinski definition) is 25. The van der Waals surface area contributed by atoms with Crippen molar-refractivity contribution in [1.82, 2.24) is 63.1 Å². The molecule has 13 heterocycles. The van der Waals surface area contributed by atoms with Gasteiger partial charge in [0.15, 0.2) is 0 Å². The van der Waals surface area contributed by atoms with Crippen LogP contribution in [-0.2, 0) is 88.4 Å². The predicted molar refractivity (Wildman–Crippen MR) is 474 cm³/mol. The Morgan fingerprint density at radius 2 is 0.625 bits per heavy atom. The van der Waals surface area contributed by atoms with E-state index >= 15 is 0 Å². The van der Waals surface area contributed by atoms with E-state index < -0.39 is 74.9 Å². The lowest BCUT2D eigenvalue weighted by molar-refractivity contribution is -0.0697. The zero-order valence-electron chi connectivity index (χ0n) is 69.9. The Hall–Kier alpha value is -11.6. The Kier molecular flexibility index (Phi) is 23.3. The van der Waals surface area contributed by atoms with Crippen LogP contribution in [0.3, 0.4) is 0 Å². The van der Waals surface area contributed by atoms with Crippen molar-refractivity contribution in [2.24, 2.45) is 46.4 Å². The molecule has 0 saturated heterocycles. The number of sulfonamides is 4. The molecule has 4 aliphatic carbocycles. The highest BCUT2D eigenvalue weighted by Gasteiger charge is 2.56. The quantitative estimate of drug-likeness (QED) is 0.0497. The summed E-state index contributed by atoms with van der Waals surface area (Å²) in [5, 5.41) is 36.1. The van der Waals surface area contributed by atoms with Gasteiger partial charge in [0.25, 0.3) is 0 Å². The molecular weight excluding hydrogens is 1740 g/mol. The Morgan fingerprint density at radius 1 is 0.344 bits per heavy atom. The molecule has 8 aliphatic rings. The van der Waals surface area contributed by atoms with Gasteiger partial charge in [-0.15, -0.1) is 0 Å². The van der Waals surface area contributed by atoms with Gasteiger partial charge in [0, 0.05) is 104 Å². The molecule has 672 valence electrons. The van der Waals surface area contributed by atoms with Crippen LogP contribution in [0.25, 0.3) is 44.1 Å². The van der Waals surface area contributed by atoms with E-state index in [1.165, 1.54) is 122 Å². The highest BCUT2D eigenvalue weighted by molar-refractivity contribution is 7.90. The number of pyridine rings is 1. The van der Waals surface area contributed by atoms with Gasteiger partial charge >= 0.3 is 12.4 Å². The minimum Gasteiger partial charge on any atom is -0.324 e. The van der Waals surface area contributed by atoms with Crippen molar-refractivity contribution in [3.8, 4) is 0 Å². The van der Waals surface area contributed by atoms with Gasteiger partial charge in [-0.25, -0.2) is 79.1 Å². The van der Waals surface area contributed by atoms with Gasteiger partial charge in [0.05, 0.1) is 63.0 Å². The van der Waals surface area contributed by atoms with Crippen LogP contribution in [0.1, 0.15) is 172 Å². The molecule has 4 saturated carbocycles. The summed E-state index contributed by atoms with van der Waals surface area (Å²) in [6.07, 6.45) is 16.3. The second-order valence-electron chi connectivity index (χ2n) is 33.9. The number of nitrogens with zero attached hydrogens (tertiary/aromatic N) is 17. The summed E-state index contributed by atoms with van der Waals surface area (Å²) in [7, 11) is -15.2. The standard InChI is InChI=1S/C23H28N6O2S.C21H21F3N6O2S.C21H24N6O2S.C20H20F3N7O2S/c1-15(2)20-23(10-4-3-5-11-23)29-18(14-25-20)12-16-13-26-22(28-21(16)29)27-17-6-8-19(9-7-17)32(24,30)31;22-21(23,24)18-20(8-2-1-3-9-20)30-15(12-26-18)10-13-11-27-19(29-17(13)30)28-14-4-6-16(7-5-14)33(25,31)32;1-14-21(9-3-2-4-10-21)27-17(13-23-14)11-15-12-24-20(26-19(15)27)25-16-5-7-18(8-6-16)30(22,28)29;21-20(22,23)17-19(6-2-1-3-7-19)30-13(10-26-17)8-12-9-27-18(29-16(12)30)28-15-5-4-14(11-25-15)33(24,31)32/h6-9,12-13,15H,3-5,10-11,14H2,1-2H3,(H2,24,30,31)(H,26,27,28);4-7,10-11H,1-3,8-9,12H2,(H2,25,31,32)(H,27,28,29);5-8,11-12H,2-4,9-10,13H2,1H3,(H2,22,28,29)(H,24,25,26);4-5,8-9,11H,1-3,6-7,10H2,(H2,24,31,32)(H,25,27,28,29). The van der Waals surface area contributed by atoms with Crippen LogP contribution in [0, 0.1) is 5.92 Å². The summed E-state index contributed by atoms with van der Waals surface area (Å²) < 4.78 is 184. The van der Waals surface area contributed by atoms with Crippen LogP contribution in [0.5, 0.6) is 0 Å². The molecule has 0 atom stereocenters. The summed E-state index contributed by atoms with van der Waals surface area (Å²) >= 11 is 0. The first-order valence-electron chi connectivity index (χ1n) is 42.1. The Morgan fingerprint density at radius 3 is 0.930 bits per heavy atom. The summed E-state index contributed by atoms with van der Waals surface area (Å²) in [6.45, 7) is 7.81. The SMILES string of the molecule is CC(C)C1=NCc2cc3cnc(Nc4ccc(S(N)(=O)=O)cc4)nc3n2C12CCCCC2.CC1=NCc2cc3cnc(Nc4ccc(S(N)(=O)=O)cc4)nc3n2C12CCCCC2.NS(=O)(=O)c1ccc(Nc2ncc3cc4n(c3n2)C2(CCCCC2)C(C(F)(F)F)=NC4)cc1.NS(=O)(=O)c1ccc(Nc2ncc3cc4n(c3n2)C2(CCCCC2)C(C(F)(F)F)=NC4)nc1. The third-order valence-corrected chi connectivity index (χ3v) is 29.0. The Labute approximate surface area is 732 Å². The Balaban J connectivity index is 0.000000120. The van der Waals surface area contributed by atoms with Crippen molar-refractivity contribution in [1.29, 1.82) is 0 Å². The summed E-state index contributed by atoms with van der Waals surface area (Å²) in [4.78, 5) is 58.0. The van der Waals surface area contributed by atoms with Crippen molar-refractivity contribution >= 4 is 154 Å². The highest BCUT2D eigenvalue weighted by Crippen LogP contribution is 2.51. The molecule has 20 rings (SSSR count). The number of aromatic nitrogens is 13. The van der Waals surface area contributed by atoms with Crippen LogP contribution in [-0.4, -0.2) is 132 Å². The van der Waals surface area contributed by atoms with Crippen LogP contribution >= 0.6 is 0 Å². The molecule has 12 N–H and O–H groups in total. The van der Waals surface area contributed by atoms with E-state index in [0.29, 0.717) is 133 Å². The van der Waals surface area contributed by atoms with Gasteiger partial charge in [-0.1, -0.05) is 90.9 Å². The number of primary sulfonamides is 4. The fourth-order valence-electron chi connectivity index (χ4n) is 19.8. The van der Waals surface area contributed by atoms with Crippen LogP contribution < -0.4 is 41.8 Å². The maximum absolute atomic E-state index is 14.0. The molecule has 4 fully saturated rings. The average Bonchev–Trinajstić information content (AvgIpc) is 1.44. The first-order chi connectivity index (χ1) is 60.8. The van der Waals surface area contributed by atoms with Crippen LogP contribution in [0.2, 0.25) is 0 Å². The number of fused-ring (bicyclic) bond motifs is 16. The lowest BCUT2D eigenvalue weighted by Crippen LogP contribution is -2.52. The van der Waals surface area contributed by atoms with Crippen molar-refractivity contribution in [3.05, 3.63) is 163 Å². The molecule has 9 aromatic heterocycles. The smallest absolute Gasteiger partial charge is 0.324 e. The van der Waals surface area contributed by atoms with E-state index in [9.17, 15) is 60.0 Å². The normalized spacial score (nSPS) is 18.2. The number of nitrogens with two attached hydrogens (primary N) is 4. The van der Waals surface area contributed by atoms with Gasteiger partial charge < -0.3 is 39.5 Å². The fourth-order valence-corrected chi connectivity index (χ4v) is 21.8. The molecule has 4 spiro atoms. The molecule has 43 heteroatoms. The van der Waals surface area contributed by atoms with Crippen molar-refractivity contribution in [2.75, 3.05) is 21.3 Å². The first-order valence-corrected chi connectivity index (χ1v) is 48.3. The van der Waals surface area contributed by atoms with Gasteiger partial charge in [-0.05, 0) is 173 Å². The van der Waals surface area contributed by atoms with E-state index in [-0.39, 0.29) is 61.5 Å². The number of halogens is 6. The molecule has 4 aliphatic heterocycles. The number of aliphatic imine (C=N–C) groups is 4. The van der Waals surface area contributed by atoms with Crippen molar-refractivity contribution in [3.63, 3.8) is 0 Å². The maximum Gasteiger partial charge on any atom is 0.431 e. The highest BCUT2D eigenvalue weighted by atomic mass is 32.2. The molecule has 128 heavy (non-hydrogen) atoms. The number of anilines is 8. The third kappa shape index (κ3) is 17.2. The molecule has 0 amide bonds. The van der Waals surface area contributed by atoms with E-state index in [1.54, 1.807) is 57.9 Å². The number of hydrogen-bond donors (Lipinski definition) is 8. The van der Waals surface area contributed by atoms with E-state index in [0.717, 1.165) is 66.8 Å². The van der Waals surface area contributed by atoms with Gasteiger partial charge in [0.1, 0.15) is 44.7 Å². The maximum atomic E-state index is 14.0. The van der Waals surface area contributed by atoms with Gasteiger partial charge in [-0.2, -0.15) is 46.3 Å². The molecular formula is C85H93F6N25O8S4. The monoisotopic (exact) mass is 1830 g/mol. The van der Waals surface area contributed by atoms with Crippen LogP contribution in [0.15, 0.2) is 180 Å². The molecule has 33 nitrogen and oxygen atoms in total. The number of alkyl halides is 6. The molecule has 0 radical (unpaired) electrons. The zero-order valence-corrected chi connectivity index (χ0v) is 73.2. The lowest BCUT2D eigenvalue weighted by Gasteiger charge is -2.44. The predicted octanol–water partition coefficient (Wildman–Crippen LogP) is 14.9. The minimum atomic E-state index is -4.53. The second kappa shape index (κ2) is 33.8. The topological polar surface area (TPSA) is 474 Å².